The molecule has 0 unspecified atom stereocenters. The summed E-state index contributed by atoms with van der Waals surface area (Å²) in [7, 11) is 0. The Bertz CT molecular complexity index is 811. The molecule has 0 radical (unpaired) electrons. The van der Waals surface area contributed by atoms with E-state index in [4.69, 9.17) is 11.6 Å². The molecule has 5 heteroatoms. The zero-order valence-corrected chi connectivity index (χ0v) is 12.4. The SMILES string of the molecule is Cl.N#Cc1cnc2ccc(Cl)cc2c1Nc1ccccc1. The van der Waals surface area contributed by atoms with Crippen molar-refractivity contribution in [2.24, 2.45) is 0 Å². The van der Waals surface area contributed by atoms with E-state index in [1.165, 1.54) is 0 Å². The predicted molar refractivity (Wildman–Crippen MR) is 88.4 cm³/mol. The molecule has 0 aliphatic heterocycles. The van der Waals surface area contributed by atoms with Crippen molar-refractivity contribution in [2.45, 2.75) is 0 Å². The van der Waals surface area contributed by atoms with Crippen LogP contribution in [0.5, 0.6) is 0 Å². The van der Waals surface area contributed by atoms with Crippen LogP contribution in [-0.2, 0) is 0 Å². The molecule has 0 atom stereocenters. The van der Waals surface area contributed by atoms with Crippen LogP contribution < -0.4 is 5.32 Å². The number of benzene rings is 2. The average Bonchev–Trinajstić information content (AvgIpc) is 2.49. The van der Waals surface area contributed by atoms with E-state index in [0.717, 1.165) is 22.3 Å². The summed E-state index contributed by atoms with van der Waals surface area (Å²) in [6, 6.07) is 17.3. The number of nitrogens with zero attached hydrogens (tertiary/aromatic N) is 2. The quantitative estimate of drug-likeness (QED) is 0.729. The van der Waals surface area contributed by atoms with Gasteiger partial charge in [-0.2, -0.15) is 5.26 Å². The number of pyridine rings is 1. The van der Waals surface area contributed by atoms with Gasteiger partial charge in [0.2, 0.25) is 0 Å². The fraction of sp³-hybridized carbons (Fsp3) is 0. The second-order valence-electron chi connectivity index (χ2n) is 4.31. The Balaban J connectivity index is 0.00000161. The first kappa shape index (κ1) is 15.1. The normalized spacial score (nSPS) is 9.71. The second-order valence-corrected chi connectivity index (χ2v) is 4.75. The number of hydrogen-bond donors (Lipinski definition) is 1. The minimum Gasteiger partial charge on any atom is -0.354 e. The number of para-hydroxylation sites is 1. The van der Waals surface area contributed by atoms with Crippen LogP contribution in [0.2, 0.25) is 5.02 Å². The molecule has 1 N–H and O–H groups in total. The van der Waals surface area contributed by atoms with Crippen molar-refractivity contribution < 1.29 is 0 Å². The highest BCUT2D eigenvalue weighted by Crippen LogP contribution is 2.30. The van der Waals surface area contributed by atoms with Crippen molar-refractivity contribution in [1.29, 1.82) is 5.26 Å². The highest BCUT2D eigenvalue weighted by atomic mass is 35.5. The van der Waals surface area contributed by atoms with Crippen LogP contribution in [0.15, 0.2) is 54.7 Å². The summed E-state index contributed by atoms with van der Waals surface area (Å²) in [6.07, 6.45) is 1.57. The van der Waals surface area contributed by atoms with Gasteiger partial charge in [0.1, 0.15) is 6.07 Å². The van der Waals surface area contributed by atoms with E-state index < -0.39 is 0 Å². The molecule has 2 aromatic carbocycles. The monoisotopic (exact) mass is 315 g/mol. The standard InChI is InChI=1S/C16H10ClN3.ClH/c17-12-6-7-15-14(8-12)16(11(9-18)10-19-15)20-13-4-2-1-3-5-13;/h1-8,10H,(H,19,20);1H. The maximum atomic E-state index is 9.26. The third-order valence-corrected chi connectivity index (χ3v) is 3.23. The zero-order chi connectivity index (χ0) is 13.9. The van der Waals surface area contributed by atoms with Gasteiger partial charge >= 0.3 is 0 Å². The number of halogens is 2. The summed E-state index contributed by atoms with van der Waals surface area (Å²) in [6.45, 7) is 0. The van der Waals surface area contributed by atoms with Crippen molar-refractivity contribution in [3.63, 3.8) is 0 Å². The Morgan fingerprint density at radius 1 is 1.10 bits per heavy atom. The third-order valence-electron chi connectivity index (χ3n) is 2.99. The second kappa shape index (κ2) is 6.45. The number of fused-ring (bicyclic) bond motifs is 1. The van der Waals surface area contributed by atoms with Gasteiger partial charge in [-0.05, 0) is 30.3 Å². The van der Waals surface area contributed by atoms with Gasteiger partial charge in [0, 0.05) is 22.3 Å². The molecule has 3 aromatic rings. The number of nitriles is 1. The van der Waals surface area contributed by atoms with E-state index in [0.29, 0.717) is 10.6 Å². The van der Waals surface area contributed by atoms with Gasteiger partial charge in [-0.15, -0.1) is 12.4 Å². The van der Waals surface area contributed by atoms with E-state index in [-0.39, 0.29) is 12.4 Å². The van der Waals surface area contributed by atoms with Gasteiger partial charge in [-0.1, -0.05) is 29.8 Å². The topological polar surface area (TPSA) is 48.7 Å². The van der Waals surface area contributed by atoms with Crippen LogP contribution in [0, 0.1) is 11.3 Å². The first-order chi connectivity index (χ1) is 9.78. The van der Waals surface area contributed by atoms with Crippen LogP contribution in [-0.4, -0.2) is 4.98 Å². The van der Waals surface area contributed by atoms with E-state index >= 15 is 0 Å². The van der Waals surface area contributed by atoms with Crippen LogP contribution in [0.1, 0.15) is 5.56 Å². The average molecular weight is 316 g/mol. The molecular formula is C16H11Cl2N3. The summed E-state index contributed by atoms with van der Waals surface area (Å²) >= 11 is 6.05. The smallest absolute Gasteiger partial charge is 0.103 e. The van der Waals surface area contributed by atoms with Crippen molar-refractivity contribution in [3.8, 4) is 6.07 Å². The lowest BCUT2D eigenvalue weighted by Gasteiger charge is -2.11. The molecule has 21 heavy (non-hydrogen) atoms. The molecule has 0 saturated heterocycles. The van der Waals surface area contributed by atoms with E-state index in [9.17, 15) is 5.26 Å². The lowest BCUT2D eigenvalue weighted by atomic mass is 10.1. The molecule has 0 bridgehead atoms. The highest BCUT2D eigenvalue weighted by Gasteiger charge is 2.09. The first-order valence-electron chi connectivity index (χ1n) is 6.08. The molecule has 1 heterocycles. The Morgan fingerprint density at radius 2 is 1.86 bits per heavy atom. The largest absolute Gasteiger partial charge is 0.354 e. The fourth-order valence-electron chi connectivity index (χ4n) is 2.05. The summed E-state index contributed by atoms with van der Waals surface area (Å²) in [4.78, 5) is 4.27. The molecule has 0 fully saturated rings. The summed E-state index contributed by atoms with van der Waals surface area (Å²) < 4.78 is 0. The van der Waals surface area contributed by atoms with Gasteiger partial charge in [0.25, 0.3) is 0 Å². The molecule has 1 aromatic heterocycles. The molecule has 0 spiro atoms. The molecule has 3 rings (SSSR count). The van der Waals surface area contributed by atoms with Gasteiger partial charge in [0.15, 0.2) is 0 Å². The van der Waals surface area contributed by atoms with Gasteiger partial charge in [-0.25, -0.2) is 0 Å². The third kappa shape index (κ3) is 3.08. The molecule has 0 saturated carbocycles. The Kier molecular flexibility index (Phi) is 4.64. The van der Waals surface area contributed by atoms with Crippen LogP contribution >= 0.6 is 24.0 Å². The molecular weight excluding hydrogens is 305 g/mol. The van der Waals surface area contributed by atoms with Gasteiger partial charge in [0.05, 0.1) is 16.8 Å². The van der Waals surface area contributed by atoms with Crippen LogP contribution in [0.3, 0.4) is 0 Å². The lowest BCUT2D eigenvalue weighted by Crippen LogP contribution is -1.96. The fourth-order valence-corrected chi connectivity index (χ4v) is 2.22. The van der Waals surface area contributed by atoms with E-state index in [2.05, 4.69) is 16.4 Å². The van der Waals surface area contributed by atoms with Crippen molar-refractivity contribution in [3.05, 3.63) is 65.3 Å². The van der Waals surface area contributed by atoms with Gasteiger partial charge < -0.3 is 5.32 Å². The number of aromatic nitrogens is 1. The van der Waals surface area contributed by atoms with Crippen LogP contribution in [0.4, 0.5) is 11.4 Å². The Morgan fingerprint density at radius 3 is 2.57 bits per heavy atom. The maximum absolute atomic E-state index is 9.26. The van der Waals surface area contributed by atoms with Crippen LogP contribution in [0.25, 0.3) is 10.9 Å². The number of hydrogen-bond acceptors (Lipinski definition) is 3. The molecule has 0 aliphatic carbocycles. The minimum absolute atomic E-state index is 0. The molecule has 0 amide bonds. The minimum atomic E-state index is 0. The molecule has 3 nitrogen and oxygen atoms in total. The van der Waals surface area contributed by atoms with E-state index in [1.54, 1.807) is 12.3 Å². The lowest BCUT2D eigenvalue weighted by molar-refractivity contribution is 1.36. The zero-order valence-electron chi connectivity index (χ0n) is 10.9. The summed E-state index contributed by atoms with van der Waals surface area (Å²) in [5.41, 5.74) is 2.93. The van der Waals surface area contributed by atoms with Gasteiger partial charge in [-0.3, -0.25) is 4.98 Å². The summed E-state index contributed by atoms with van der Waals surface area (Å²) in [5.74, 6) is 0. The number of rotatable bonds is 2. The predicted octanol–water partition coefficient (Wildman–Crippen LogP) is 4.93. The maximum Gasteiger partial charge on any atom is 0.103 e. The first-order valence-corrected chi connectivity index (χ1v) is 6.46. The Hall–Kier alpha value is -2.28. The van der Waals surface area contributed by atoms with E-state index in [1.807, 2.05) is 42.5 Å². The number of nitrogens with one attached hydrogen (secondary N) is 1. The Labute approximate surface area is 133 Å². The van der Waals surface area contributed by atoms with Crippen molar-refractivity contribution in [1.82, 2.24) is 4.98 Å². The number of anilines is 2. The highest BCUT2D eigenvalue weighted by molar-refractivity contribution is 6.31. The van der Waals surface area contributed by atoms with Crippen molar-refractivity contribution >= 4 is 46.3 Å². The summed E-state index contributed by atoms with van der Waals surface area (Å²) in [5, 5.41) is 14.0. The van der Waals surface area contributed by atoms with Crippen molar-refractivity contribution in [2.75, 3.05) is 5.32 Å². The molecule has 104 valence electrons. The molecule has 0 aliphatic rings.